The second kappa shape index (κ2) is 4.20. The molecule has 0 atom stereocenters. The van der Waals surface area contributed by atoms with Crippen molar-refractivity contribution in [3.8, 4) is 11.5 Å². The van der Waals surface area contributed by atoms with Crippen LogP contribution in [-0.2, 0) is 7.05 Å². The monoisotopic (exact) mass is 286 g/mol. The van der Waals surface area contributed by atoms with E-state index in [-0.39, 0.29) is 39.0 Å². The first-order chi connectivity index (χ1) is 9.91. The minimum atomic E-state index is -0.573. The van der Waals surface area contributed by atoms with Crippen molar-refractivity contribution < 1.29 is 15.1 Å². The second-order valence-corrected chi connectivity index (χ2v) is 4.68. The number of rotatable bonds is 1. The highest BCUT2D eigenvalue weighted by Gasteiger charge is 2.20. The maximum absolute atomic E-state index is 12.5. The third-order valence-corrected chi connectivity index (χ3v) is 3.46. The number of non-ortho nitro benzene ring substituents is 1. The third kappa shape index (κ3) is 1.71. The van der Waals surface area contributed by atoms with E-state index in [1.54, 1.807) is 0 Å². The number of hydrogen-bond donors (Lipinski definition) is 2. The number of nitro benzene ring substituents is 1. The van der Waals surface area contributed by atoms with Gasteiger partial charge < -0.3 is 14.8 Å². The molecule has 0 bridgehead atoms. The van der Waals surface area contributed by atoms with Crippen LogP contribution in [0.3, 0.4) is 0 Å². The Morgan fingerprint density at radius 2 is 1.95 bits per heavy atom. The number of aromatic hydroxyl groups is 2. The maximum atomic E-state index is 12.5. The molecule has 106 valence electrons. The molecule has 0 spiro atoms. The smallest absolute Gasteiger partial charge is 0.293 e. The molecule has 2 N–H and O–H groups in total. The quantitative estimate of drug-likeness (QED) is 0.404. The lowest BCUT2D eigenvalue weighted by atomic mass is 10.1. The van der Waals surface area contributed by atoms with Crippen LogP contribution in [0.5, 0.6) is 11.5 Å². The first-order valence-electron chi connectivity index (χ1n) is 6.03. The van der Waals surface area contributed by atoms with Crippen LogP contribution in [0.4, 0.5) is 5.69 Å². The summed E-state index contributed by atoms with van der Waals surface area (Å²) in [7, 11) is 1.54. The van der Waals surface area contributed by atoms with E-state index >= 15 is 0 Å². The van der Waals surface area contributed by atoms with Gasteiger partial charge in [0.15, 0.2) is 0 Å². The minimum Gasteiger partial charge on any atom is -0.508 e. The van der Waals surface area contributed by atoms with Gasteiger partial charge in [-0.15, -0.1) is 0 Å². The van der Waals surface area contributed by atoms with Crippen LogP contribution in [0.25, 0.3) is 21.8 Å². The number of nitro groups is 1. The standard InChI is InChI=1S/C14H10N2O5/c1-15-10-5-7(17)6-11(18)12(10)14(19)8-3-2-4-9(13(8)15)16(20)21/h2-6,17-18H,1H3. The molecule has 7 heteroatoms. The van der Waals surface area contributed by atoms with Crippen molar-refractivity contribution in [3.63, 3.8) is 0 Å². The molecule has 0 amide bonds. The van der Waals surface area contributed by atoms with Gasteiger partial charge in [0, 0.05) is 25.2 Å². The Hall–Kier alpha value is -3.09. The van der Waals surface area contributed by atoms with E-state index in [0.29, 0.717) is 0 Å². The zero-order valence-corrected chi connectivity index (χ0v) is 10.9. The van der Waals surface area contributed by atoms with E-state index in [4.69, 9.17) is 0 Å². The number of pyridine rings is 1. The van der Waals surface area contributed by atoms with Gasteiger partial charge in [0.05, 0.1) is 21.2 Å². The Bertz CT molecular complexity index is 975. The molecule has 0 radical (unpaired) electrons. The normalized spacial score (nSPS) is 11.1. The molecule has 0 aliphatic heterocycles. The Morgan fingerprint density at radius 3 is 2.62 bits per heavy atom. The van der Waals surface area contributed by atoms with E-state index in [1.165, 1.54) is 35.9 Å². The molecule has 1 heterocycles. The molecule has 0 aliphatic carbocycles. The molecular weight excluding hydrogens is 276 g/mol. The van der Waals surface area contributed by atoms with E-state index < -0.39 is 10.4 Å². The Labute approximate surface area is 117 Å². The number of nitrogens with zero attached hydrogens (tertiary/aromatic N) is 2. The average molecular weight is 286 g/mol. The fraction of sp³-hybridized carbons (Fsp3) is 0.0714. The molecule has 0 aliphatic rings. The van der Waals surface area contributed by atoms with Crippen LogP contribution >= 0.6 is 0 Å². The number of aromatic nitrogens is 1. The van der Waals surface area contributed by atoms with Crippen molar-refractivity contribution in [1.82, 2.24) is 4.57 Å². The van der Waals surface area contributed by atoms with Gasteiger partial charge in [0.2, 0.25) is 5.43 Å². The number of hydrogen-bond acceptors (Lipinski definition) is 5. The summed E-state index contributed by atoms with van der Waals surface area (Å²) in [6.07, 6.45) is 0. The molecule has 2 aromatic carbocycles. The highest BCUT2D eigenvalue weighted by Crippen LogP contribution is 2.32. The predicted molar refractivity (Wildman–Crippen MR) is 76.7 cm³/mol. The van der Waals surface area contributed by atoms with Crippen LogP contribution in [-0.4, -0.2) is 19.7 Å². The van der Waals surface area contributed by atoms with Gasteiger partial charge in [-0.3, -0.25) is 14.9 Å². The van der Waals surface area contributed by atoms with Crippen molar-refractivity contribution in [2.45, 2.75) is 0 Å². The van der Waals surface area contributed by atoms with Crippen LogP contribution in [0, 0.1) is 10.1 Å². The lowest BCUT2D eigenvalue weighted by molar-refractivity contribution is -0.383. The molecule has 7 nitrogen and oxygen atoms in total. The largest absolute Gasteiger partial charge is 0.508 e. The van der Waals surface area contributed by atoms with Gasteiger partial charge in [-0.2, -0.15) is 0 Å². The van der Waals surface area contributed by atoms with Gasteiger partial charge in [0.1, 0.15) is 17.0 Å². The van der Waals surface area contributed by atoms with Crippen LogP contribution in [0.1, 0.15) is 0 Å². The van der Waals surface area contributed by atoms with Crippen molar-refractivity contribution in [1.29, 1.82) is 0 Å². The minimum absolute atomic E-state index is 0.0169. The number of phenolic OH excluding ortho intramolecular Hbond substituents is 2. The van der Waals surface area contributed by atoms with Crippen LogP contribution < -0.4 is 5.43 Å². The number of fused-ring (bicyclic) bond motifs is 2. The Balaban J connectivity index is 2.70. The van der Waals surface area contributed by atoms with Gasteiger partial charge in [0.25, 0.3) is 5.69 Å². The summed E-state index contributed by atoms with van der Waals surface area (Å²) in [5.41, 5.74) is -0.361. The second-order valence-electron chi connectivity index (χ2n) is 4.68. The molecule has 0 saturated carbocycles. The highest BCUT2D eigenvalue weighted by molar-refractivity contribution is 6.00. The fourth-order valence-corrected chi connectivity index (χ4v) is 2.56. The van der Waals surface area contributed by atoms with E-state index in [9.17, 15) is 25.1 Å². The number of phenols is 2. The van der Waals surface area contributed by atoms with Crippen LogP contribution in [0.2, 0.25) is 0 Å². The summed E-state index contributed by atoms with van der Waals surface area (Å²) >= 11 is 0. The highest BCUT2D eigenvalue weighted by atomic mass is 16.6. The SMILES string of the molecule is Cn1c2cc(O)cc(O)c2c(=O)c2cccc([N+](=O)[O-])c21. The van der Waals surface area contributed by atoms with Crippen molar-refractivity contribution in [2.24, 2.45) is 7.05 Å². The zero-order chi connectivity index (χ0) is 15.3. The summed E-state index contributed by atoms with van der Waals surface area (Å²) in [5, 5.41) is 30.8. The van der Waals surface area contributed by atoms with E-state index in [1.807, 2.05) is 0 Å². The summed E-state index contributed by atoms with van der Waals surface area (Å²) in [5.74, 6) is -0.591. The van der Waals surface area contributed by atoms with Gasteiger partial charge in [-0.25, -0.2) is 0 Å². The molecular formula is C14H10N2O5. The van der Waals surface area contributed by atoms with Gasteiger partial charge >= 0.3 is 0 Å². The van der Waals surface area contributed by atoms with E-state index in [0.717, 1.165) is 6.07 Å². The van der Waals surface area contributed by atoms with Crippen LogP contribution in [0.15, 0.2) is 35.1 Å². The Morgan fingerprint density at radius 1 is 1.24 bits per heavy atom. The maximum Gasteiger partial charge on any atom is 0.293 e. The number of para-hydroxylation sites is 1. The lowest BCUT2D eigenvalue weighted by Gasteiger charge is -2.11. The van der Waals surface area contributed by atoms with Crippen molar-refractivity contribution in [2.75, 3.05) is 0 Å². The zero-order valence-electron chi connectivity index (χ0n) is 10.9. The molecule has 3 aromatic rings. The fourth-order valence-electron chi connectivity index (χ4n) is 2.56. The average Bonchev–Trinajstić information content (AvgIpc) is 2.43. The molecule has 0 unspecified atom stereocenters. The number of aryl methyl sites for hydroxylation is 1. The molecule has 1 aromatic heterocycles. The van der Waals surface area contributed by atoms with Crippen molar-refractivity contribution in [3.05, 3.63) is 50.7 Å². The molecule has 21 heavy (non-hydrogen) atoms. The summed E-state index contributed by atoms with van der Waals surface area (Å²) in [6.45, 7) is 0. The van der Waals surface area contributed by atoms with Gasteiger partial charge in [-0.1, -0.05) is 6.07 Å². The number of benzene rings is 2. The third-order valence-electron chi connectivity index (χ3n) is 3.46. The summed E-state index contributed by atoms with van der Waals surface area (Å²) in [4.78, 5) is 23.0. The molecule has 0 saturated heterocycles. The predicted octanol–water partition coefficient (Wildman–Crippen LogP) is 2.01. The first-order valence-corrected chi connectivity index (χ1v) is 6.03. The van der Waals surface area contributed by atoms with Gasteiger partial charge in [-0.05, 0) is 6.07 Å². The van der Waals surface area contributed by atoms with Crippen molar-refractivity contribution >= 4 is 27.5 Å². The topological polar surface area (TPSA) is 106 Å². The molecule has 0 fully saturated rings. The molecule has 3 rings (SSSR count). The Kier molecular flexibility index (Phi) is 2.59. The summed E-state index contributed by atoms with van der Waals surface area (Å²) in [6, 6.07) is 6.54. The van der Waals surface area contributed by atoms with E-state index in [2.05, 4.69) is 0 Å². The first kappa shape index (κ1) is 12.9. The lowest BCUT2D eigenvalue weighted by Crippen LogP contribution is -2.10. The summed E-state index contributed by atoms with van der Waals surface area (Å²) < 4.78 is 1.42.